The molecule has 0 saturated heterocycles. The van der Waals surface area contributed by atoms with Gasteiger partial charge in [0.05, 0.1) is 0 Å². The minimum atomic E-state index is -0.134. The first-order valence-corrected chi connectivity index (χ1v) is 6.17. The molecule has 0 radical (unpaired) electrons. The lowest BCUT2D eigenvalue weighted by Gasteiger charge is -2.27. The average molecular weight is 237 g/mol. The second-order valence-corrected chi connectivity index (χ2v) is 4.78. The number of aryl methyl sites for hydroxylation is 1. The van der Waals surface area contributed by atoms with Gasteiger partial charge in [0.25, 0.3) is 5.91 Å². The summed E-state index contributed by atoms with van der Waals surface area (Å²) in [5.41, 5.74) is 0. The Bertz CT molecular complexity index is 378. The van der Waals surface area contributed by atoms with Crippen LogP contribution in [-0.2, 0) is 0 Å². The molecular weight excluding hydrogens is 218 g/mol. The summed E-state index contributed by atoms with van der Waals surface area (Å²) in [6, 6.07) is 3.71. The van der Waals surface area contributed by atoms with Gasteiger partial charge in [-0.25, -0.2) is 0 Å². The van der Waals surface area contributed by atoms with E-state index in [4.69, 9.17) is 9.52 Å². The van der Waals surface area contributed by atoms with Gasteiger partial charge in [-0.3, -0.25) is 4.79 Å². The van der Waals surface area contributed by atoms with Crippen molar-refractivity contribution >= 4 is 5.91 Å². The van der Waals surface area contributed by atoms with E-state index in [0.717, 1.165) is 31.4 Å². The van der Waals surface area contributed by atoms with Gasteiger partial charge in [0.2, 0.25) is 0 Å². The lowest BCUT2D eigenvalue weighted by molar-refractivity contribution is 0.0884. The molecule has 0 atom stereocenters. The Labute approximate surface area is 101 Å². The molecule has 2 rings (SSSR count). The van der Waals surface area contributed by atoms with E-state index in [1.165, 1.54) is 0 Å². The predicted molar refractivity (Wildman–Crippen MR) is 63.7 cm³/mol. The largest absolute Gasteiger partial charge is 0.456 e. The van der Waals surface area contributed by atoms with Gasteiger partial charge in [-0.2, -0.15) is 0 Å². The number of furan rings is 1. The second-order valence-electron chi connectivity index (χ2n) is 4.78. The van der Waals surface area contributed by atoms with Crippen LogP contribution in [0.4, 0.5) is 0 Å². The number of rotatable bonds is 3. The molecule has 0 aliphatic heterocycles. The molecule has 1 aromatic heterocycles. The maximum Gasteiger partial charge on any atom is 0.287 e. The fourth-order valence-electron chi connectivity index (χ4n) is 2.30. The number of aliphatic hydroxyl groups is 1. The highest BCUT2D eigenvalue weighted by atomic mass is 16.3. The Hall–Kier alpha value is -1.29. The fraction of sp³-hybridized carbons (Fsp3) is 0.615. The van der Waals surface area contributed by atoms with E-state index in [1.807, 2.05) is 6.92 Å². The monoisotopic (exact) mass is 237 g/mol. The quantitative estimate of drug-likeness (QED) is 0.843. The smallest absolute Gasteiger partial charge is 0.287 e. The fourth-order valence-corrected chi connectivity index (χ4v) is 2.30. The molecule has 1 aliphatic carbocycles. The van der Waals surface area contributed by atoms with E-state index in [1.54, 1.807) is 12.1 Å². The molecule has 94 valence electrons. The maximum absolute atomic E-state index is 11.8. The van der Waals surface area contributed by atoms with Crippen LogP contribution in [0.1, 0.15) is 42.0 Å². The van der Waals surface area contributed by atoms with Crippen LogP contribution >= 0.6 is 0 Å². The SMILES string of the molecule is Cc1ccc(C(=O)NC2CCC(CO)CC2)o1. The Kier molecular flexibility index (Phi) is 3.84. The summed E-state index contributed by atoms with van der Waals surface area (Å²) >= 11 is 0. The molecule has 2 N–H and O–H groups in total. The third-order valence-corrected chi connectivity index (χ3v) is 3.40. The molecule has 1 aliphatic rings. The first-order chi connectivity index (χ1) is 8.19. The summed E-state index contributed by atoms with van der Waals surface area (Å²) in [5.74, 6) is 1.41. The van der Waals surface area contributed by atoms with Crippen LogP contribution in [0.2, 0.25) is 0 Å². The minimum absolute atomic E-state index is 0.134. The molecular formula is C13H19NO3. The number of amides is 1. The summed E-state index contributed by atoms with van der Waals surface area (Å²) in [7, 11) is 0. The van der Waals surface area contributed by atoms with Gasteiger partial charge in [0.15, 0.2) is 5.76 Å². The highest BCUT2D eigenvalue weighted by Gasteiger charge is 2.22. The van der Waals surface area contributed by atoms with Gasteiger partial charge >= 0.3 is 0 Å². The molecule has 1 aromatic rings. The van der Waals surface area contributed by atoms with Crippen LogP contribution < -0.4 is 5.32 Å². The van der Waals surface area contributed by atoms with Crippen LogP contribution in [0.15, 0.2) is 16.5 Å². The lowest BCUT2D eigenvalue weighted by atomic mass is 9.86. The topological polar surface area (TPSA) is 62.5 Å². The zero-order chi connectivity index (χ0) is 12.3. The third-order valence-electron chi connectivity index (χ3n) is 3.40. The average Bonchev–Trinajstić information content (AvgIpc) is 2.77. The molecule has 0 bridgehead atoms. The minimum Gasteiger partial charge on any atom is -0.456 e. The summed E-state index contributed by atoms with van der Waals surface area (Å²) < 4.78 is 5.28. The maximum atomic E-state index is 11.8. The molecule has 0 unspecified atom stereocenters. The normalized spacial score (nSPS) is 24.6. The summed E-state index contributed by atoms with van der Waals surface area (Å²) in [6.07, 6.45) is 3.85. The Morgan fingerprint density at radius 2 is 2.12 bits per heavy atom. The van der Waals surface area contributed by atoms with Gasteiger partial charge in [-0.15, -0.1) is 0 Å². The van der Waals surface area contributed by atoms with Gasteiger partial charge in [0, 0.05) is 12.6 Å². The molecule has 4 nitrogen and oxygen atoms in total. The van der Waals surface area contributed by atoms with Crippen molar-refractivity contribution in [1.82, 2.24) is 5.32 Å². The van der Waals surface area contributed by atoms with Crippen LogP contribution in [0.3, 0.4) is 0 Å². The van der Waals surface area contributed by atoms with E-state index in [-0.39, 0.29) is 18.6 Å². The van der Waals surface area contributed by atoms with Gasteiger partial charge in [-0.05, 0) is 50.7 Å². The van der Waals surface area contributed by atoms with Crippen molar-refractivity contribution in [3.8, 4) is 0 Å². The van der Waals surface area contributed by atoms with Crippen molar-refractivity contribution in [2.75, 3.05) is 6.61 Å². The predicted octanol–water partition coefficient (Wildman–Crippen LogP) is 1.87. The Morgan fingerprint density at radius 3 is 2.65 bits per heavy atom. The number of hydrogen-bond acceptors (Lipinski definition) is 3. The van der Waals surface area contributed by atoms with Crippen molar-refractivity contribution in [1.29, 1.82) is 0 Å². The molecule has 0 spiro atoms. The first-order valence-electron chi connectivity index (χ1n) is 6.17. The summed E-state index contributed by atoms with van der Waals surface area (Å²) in [4.78, 5) is 11.8. The molecule has 1 fully saturated rings. The molecule has 1 amide bonds. The van der Waals surface area contributed by atoms with E-state index in [2.05, 4.69) is 5.32 Å². The highest BCUT2D eigenvalue weighted by molar-refractivity contribution is 5.91. The van der Waals surface area contributed by atoms with Crippen molar-refractivity contribution in [2.24, 2.45) is 5.92 Å². The zero-order valence-corrected chi connectivity index (χ0v) is 10.1. The molecule has 0 aromatic carbocycles. The summed E-state index contributed by atoms with van der Waals surface area (Å²) in [6.45, 7) is 2.08. The zero-order valence-electron chi connectivity index (χ0n) is 10.1. The Balaban J connectivity index is 1.84. The standard InChI is InChI=1S/C13H19NO3/c1-9-2-7-12(17-9)13(16)14-11-5-3-10(8-15)4-6-11/h2,7,10-11,15H,3-6,8H2,1H3,(H,14,16). The van der Waals surface area contributed by atoms with Gasteiger partial charge in [-0.1, -0.05) is 0 Å². The molecule has 4 heteroatoms. The van der Waals surface area contributed by atoms with Crippen molar-refractivity contribution in [3.63, 3.8) is 0 Å². The van der Waals surface area contributed by atoms with Gasteiger partial charge < -0.3 is 14.8 Å². The van der Waals surface area contributed by atoms with E-state index < -0.39 is 0 Å². The van der Waals surface area contributed by atoms with E-state index in [9.17, 15) is 4.79 Å². The van der Waals surface area contributed by atoms with Crippen LogP contribution in [-0.4, -0.2) is 23.7 Å². The highest BCUT2D eigenvalue weighted by Crippen LogP contribution is 2.23. The molecule has 17 heavy (non-hydrogen) atoms. The molecule has 1 heterocycles. The lowest BCUT2D eigenvalue weighted by Crippen LogP contribution is -2.37. The van der Waals surface area contributed by atoms with Crippen molar-refractivity contribution in [2.45, 2.75) is 38.6 Å². The number of carbonyl (C=O) groups excluding carboxylic acids is 1. The number of carbonyl (C=O) groups is 1. The summed E-state index contributed by atoms with van der Waals surface area (Å²) in [5, 5.41) is 12.0. The van der Waals surface area contributed by atoms with Crippen LogP contribution in [0.5, 0.6) is 0 Å². The van der Waals surface area contributed by atoms with Crippen molar-refractivity contribution < 1.29 is 14.3 Å². The van der Waals surface area contributed by atoms with Crippen LogP contribution in [0, 0.1) is 12.8 Å². The first kappa shape index (κ1) is 12.2. The third kappa shape index (κ3) is 3.09. The number of nitrogens with one attached hydrogen (secondary N) is 1. The van der Waals surface area contributed by atoms with E-state index in [0.29, 0.717) is 11.7 Å². The molecule has 1 saturated carbocycles. The van der Waals surface area contributed by atoms with Crippen molar-refractivity contribution in [3.05, 3.63) is 23.7 Å². The number of hydrogen-bond donors (Lipinski definition) is 2. The number of aliphatic hydroxyl groups excluding tert-OH is 1. The van der Waals surface area contributed by atoms with Crippen LogP contribution in [0.25, 0.3) is 0 Å². The Morgan fingerprint density at radius 1 is 1.41 bits per heavy atom. The van der Waals surface area contributed by atoms with E-state index >= 15 is 0 Å². The second kappa shape index (κ2) is 5.36. The van der Waals surface area contributed by atoms with Gasteiger partial charge in [0.1, 0.15) is 5.76 Å².